The molecule has 1 nitrogen and oxygen atoms in total. The van der Waals surface area contributed by atoms with Crippen molar-refractivity contribution in [3.8, 4) is 0 Å². The predicted molar refractivity (Wildman–Crippen MR) is 43.4 cm³/mol. The predicted octanol–water partition coefficient (Wildman–Crippen LogP) is 2.50. The molecular formula is C10H16O. The molecule has 0 aromatic carbocycles. The van der Waals surface area contributed by atoms with Crippen molar-refractivity contribution in [1.29, 1.82) is 0 Å². The Bertz CT molecular complexity index is 178. The monoisotopic (exact) mass is 152 g/mol. The average Bonchev–Trinajstić information content (AvgIpc) is 2.70. The molecule has 1 heterocycles. The van der Waals surface area contributed by atoms with E-state index in [1.54, 1.807) is 0 Å². The number of ether oxygens (including phenoxy) is 1. The topological polar surface area (TPSA) is 12.5 Å². The highest BCUT2D eigenvalue weighted by atomic mass is 16.6. The van der Waals surface area contributed by atoms with Crippen LogP contribution in [0.15, 0.2) is 0 Å². The summed E-state index contributed by atoms with van der Waals surface area (Å²) in [5.74, 6) is 0.954. The first kappa shape index (κ1) is 6.47. The molecule has 11 heavy (non-hydrogen) atoms. The van der Waals surface area contributed by atoms with Gasteiger partial charge in [-0.15, -0.1) is 0 Å². The Morgan fingerprint density at radius 3 is 2.91 bits per heavy atom. The Balaban J connectivity index is 1.85. The fourth-order valence-electron chi connectivity index (χ4n) is 3.27. The molecule has 0 aromatic rings. The molecule has 1 heteroatoms. The van der Waals surface area contributed by atoms with E-state index in [1.807, 2.05) is 0 Å². The molecule has 3 aliphatic rings. The van der Waals surface area contributed by atoms with E-state index in [2.05, 4.69) is 0 Å². The quantitative estimate of drug-likeness (QED) is 0.486. The average molecular weight is 152 g/mol. The van der Waals surface area contributed by atoms with Crippen molar-refractivity contribution in [2.24, 2.45) is 5.92 Å². The molecule has 0 unspecified atom stereocenters. The van der Waals surface area contributed by atoms with Crippen LogP contribution < -0.4 is 0 Å². The van der Waals surface area contributed by atoms with Crippen LogP contribution in [0.3, 0.4) is 0 Å². The summed E-state index contributed by atoms with van der Waals surface area (Å²) in [6, 6.07) is 0. The maximum Gasteiger partial charge on any atom is 0.0976 e. The highest BCUT2D eigenvalue weighted by Crippen LogP contribution is 2.59. The smallest absolute Gasteiger partial charge is 0.0976 e. The van der Waals surface area contributed by atoms with E-state index in [-0.39, 0.29) is 0 Å². The van der Waals surface area contributed by atoms with Gasteiger partial charge in [0.1, 0.15) is 0 Å². The minimum Gasteiger partial charge on any atom is -0.366 e. The van der Waals surface area contributed by atoms with E-state index in [0.29, 0.717) is 11.7 Å². The largest absolute Gasteiger partial charge is 0.366 e. The van der Waals surface area contributed by atoms with Gasteiger partial charge in [-0.3, -0.25) is 0 Å². The molecule has 0 bridgehead atoms. The lowest BCUT2D eigenvalue weighted by atomic mass is 9.90. The molecule has 2 aliphatic carbocycles. The van der Waals surface area contributed by atoms with Gasteiger partial charge < -0.3 is 4.74 Å². The molecule has 0 radical (unpaired) electrons. The van der Waals surface area contributed by atoms with E-state index in [9.17, 15) is 0 Å². The maximum atomic E-state index is 5.82. The molecule has 0 N–H and O–H groups in total. The minimum absolute atomic E-state index is 0.441. The summed E-state index contributed by atoms with van der Waals surface area (Å²) in [6.07, 6.45) is 10.7. The Labute approximate surface area is 68.1 Å². The van der Waals surface area contributed by atoms with Crippen LogP contribution in [0.25, 0.3) is 0 Å². The molecule has 0 aromatic heterocycles. The van der Waals surface area contributed by atoms with Gasteiger partial charge in [0.25, 0.3) is 0 Å². The maximum absolute atomic E-state index is 5.82. The first-order valence-corrected chi connectivity index (χ1v) is 5.10. The first-order chi connectivity index (χ1) is 5.42. The van der Waals surface area contributed by atoms with E-state index in [4.69, 9.17) is 4.74 Å². The summed E-state index contributed by atoms with van der Waals surface area (Å²) in [7, 11) is 0. The molecule has 1 spiro atoms. The van der Waals surface area contributed by atoms with Gasteiger partial charge >= 0.3 is 0 Å². The van der Waals surface area contributed by atoms with E-state index < -0.39 is 0 Å². The van der Waals surface area contributed by atoms with Crippen molar-refractivity contribution >= 4 is 0 Å². The Morgan fingerprint density at radius 2 is 2.00 bits per heavy atom. The summed E-state index contributed by atoms with van der Waals surface area (Å²) in [4.78, 5) is 0. The van der Waals surface area contributed by atoms with Crippen LogP contribution in [0.4, 0.5) is 0 Å². The lowest BCUT2D eigenvalue weighted by Crippen LogP contribution is -2.19. The fraction of sp³-hybridized carbons (Fsp3) is 1.00. The van der Waals surface area contributed by atoms with E-state index in [1.165, 1.54) is 44.9 Å². The normalized spacial score (nSPS) is 54.5. The van der Waals surface area contributed by atoms with Crippen LogP contribution in [0.1, 0.15) is 44.9 Å². The van der Waals surface area contributed by atoms with Crippen molar-refractivity contribution < 1.29 is 4.74 Å². The van der Waals surface area contributed by atoms with Gasteiger partial charge in [-0.05, 0) is 31.6 Å². The Kier molecular flexibility index (Phi) is 1.18. The molecule has 1 aliphatic heterocycles. The zero-order valence-electron chi connectivity index (χ0n) is 7.01. The van der Waals surface area contributed by atoms with Gasteiger partial charge in [0, 0.05) is 0 Å². The van der Waals surface area contributed by atoms with Crippen LogP contribution in [0.2, 0.25) is 0 Å². The number of hydrogen-bond acceptors (Lipinski definition) is 1. The SMILES string of the molecule is C1CC[C@H]2CC[C@@H]3O[C@]23CC1. The first-order valence-electron chi connectivity index (χ1n) is 5.10. The van der Waals surface area contributed by atoms with Crippen molar-refractivity contribution in [2.75, 3.05) is 0 Å². The van der Waals surface area contributed by atoms with Gasteiger partial charge in [-0.2, -0.15) is 0 Å². The van der Waals surface area contributed by atoms with Crippen molar-refractivity contribution in [1.82, 2.24) is 0 Å². The molecule has 3 atom stereocenters. The zero-order chi connectivity index (χ0) is 7.31. The van der Waals surface area contributed by atoms with Gasteiger partial charge in [0.15, 0.2) is 0 Å². The third-order valence-corrected chi connectivity index (χ3v) is 3.94. The lowest BCUT2D eigenvalue weighted by Gasteiger charge is -2.16. The molecule has 1 saturated heterocycles. The molecule has 2 saturated carbocycles. The minimum atomic E-state index is 0.441. The van der Waals surface area contributed by atoms with Gasteiger partial charge in [0.2, 0.25) is 0 Å². The van der Waals surface area contributed by atoms with E-state index in [0.717, 1.165) is 5.92 Å². The second kappa shape index (κ2) is 2.01. The summed E-state index contributed by atoms with van der Waals surface area (Å²) < 4.78 is 5.82. The molecule has 0 amide bonds. The van der Waals surface area contributed by atoms with Gasteiger partial charge in [-0.25, -0.2) is 0 Å². The van der Waals surface area contributed by atoms with Gasteiger partial charge in [0.05, 0.1) is 11.7 Å². The zero-order valence-corrected chi connectivity index (χ0v) is 7.01. The number of hydrogen-bond donors (Lipinski definition) is 0. The van der Waals surface area contributed by atoms with Crippen LogP contribution in [-0.4, -0.2) is 11.7 Å². The second-order valence-corrected chi connectivity index (χ2v) is 4.44. The number of rotatable bonds is 0. The second-order valence-electron chi connectivity index (χ2n) is 4.44. The van der Waals surface area contributed by atoms with Crippen LogP contribution in [0, 0.1) is 5.92 Å². The summed E-state index contributed by atoms with van der Waals surface area (Å²) in [5.41, 5.74) is 0.441. The summed E-state index contributed by atoms with van der Waals surface area (Å²) in [5, 5.41) is 0. The molecular weight excluding hydrogens is 136 g/mol. The van der Waals surface area contributed by atoms with Crippen LogP contribution >= 0.6 is 0 Å². The van der Waals surface area contributed by atoms with E-state index >= 15 is 0 Å². The molecule has 3 fully saturated rings. The number of epoxide rings is 1. The highest BCUT2D eigenvalue weighted by molar-refractivity contribution is 5.12. The van der Waals surface area contributed by atoms with Crippen molar-refractivity contribution in [3.05, 3.63) is 0 Å². The molecule has 3 rings (SSSR count). The van der Waals surface area contributed by atoms with Crippen LogP contribution in [0.5, 0.6) is 0 Å². The lowest BCUT2D eigenvalue weighted by molar-refractivity contribution is 0.177. The Hall–Kier alpha value is -0.0400. The van der Waals surface area contributed by atoms with Gasteiger partial charge in [-0.1, -0.05) is 19.3 Å². The third-order valence-electron chi connectivity index (χ3n) is 3.94. The standard InChI is InChI=1S/C10H16O/c1-2-4-8-5-6-9-10(8,11-9)7-3-1/h8-9H,1-7H2/t8-,9-,10+/m0/s1. The van der Waals surface area contributed by atoms with Crippen LogP contribution in [-0.2, 0) is 4.74 Å². The fourth-order valence-corrected chi connectivity index (χ4v) is 3.27. The molecule has 62 valence electrons. The Morgan fingerprint density at radius 1 is 1.00 bits per heavy atom. The third kappa shape index (κ3) is 0.752. The summed E-state index contributed by atoms with van der Waals surface area (Å²) >= 11 is 0. The summed E-state index contributed by atoms with van der Waals surface area (Å²) in [6.45, 7) is 0. The van der Waals surface area contributed by atoms with Crippen molar-refractivity contribution in [3.63, 3.8) is 0 Å². The highest BCUT2D eigenvalue weighted by Gasteiger charge is 2.64. The van der Waals surface area contributed by atoms with Crippen molar-refractivity contribution in [2.45, 2.75) is 56.7 Å².